The average molecular weight is 333 g/mol. The number of aromatic hydroxyl groups is 1. The standard InChI is InChI=1S/C13H18BrFN2O2/c1-19-12-7-9(6-10(14)13(12)18)11(8-15)17-4-2-16-3-5-17/h6-7,11,16,18H,2-5,8H2,1H3/t11-/m0/s1. The van der Waals surface area contributed by atoms with Gasteiger partial charge in [-0.2, -0.15) is 0 Å². The van der Waals surface area contributed by atoms with E-state index in [1.165, 1.54) is 7.11 Å². The van der Waals surface area contributed by atoms with Gasteiger partial charge in [-0.25, -0.2) is 4.39 Å². The second-order valence-corrected chi connectivity index (χ2v) is 5.36. The van der Waals surface area contributed by atoms with E-state index in [1.807, 2.05) is 0 Å². The van der Waals surface area contributed by atoms with Crippen molar-refractivity contribution in [1.29, 1.82) is 0 Å². The minimum atomic E-state index is -0.458. The molecule has 1 atom stereocenters. The lowest BCUT2D eigenvalue weighted by Crippen LogP contribution is -2.45. The molecule has 0 saturated carbocycles. The predicted octanol–water partition coefficient (Wildman–Crippen LogP) is 2.08. The molecule has 6 heteroatoms. The number of piperazine rings is 1. The zero-order valence-electron chi connectivity index (χ0n) is 10.8. The number of benzene rings is 1. The highest BCUT2D eigenvalue weighted by Crippen LogP contribution is 2.38. The molecule has 0 aromatic heterocycles. The number of nitrogens with zero attached hydrogens (tertiary/aromatic N) is 1. The van der Waals surface area contributed by atoms with Crippen molar-refractivity contribution in [1.82, 2.24) is 10.2 Å². The van der Waals surface area contributed by atoms with Gasteiger partial charge in [0.15, 0.2) is 11.5 Å². The van der Waals surface area contributed by atoms with Crippen LogP contribution in [0.3, 0.4) is 0 Å². The third kappa shape index (κ3) is 3.19. The Morgan fingerprint density at radius 1 is 1.47 bits per heavy atom. The summed E-state index contributed by atoms with van der Waals surface area (Å²) in [6, 6.07) is 3.16. The lowest BCUT2D eigenvalue weighted by atomic mass is 10.0. The van der Waals surface area contributed by atoms with Crippen LogP contribution < -0.4 is 10.1 Å². The number of halogens is 2. The van der Waals surface area contributed by atoms with Gasteiger partial charge in [-0.3, -0.25) is 4.90 Å². The number of methoxy groups -OCH3 is 1. The van der Waals surface area contributed by atoms with Gasteiger partial charge in [-0.05, 0) is 33.6 Å². The number of phenolic OH excluding ortho intramolecular Hbond substituents is 1. The number of phenols is 1. The predicted molar refractivity (Wildman–Crippen MR) is 75.5 cm³/mol. The van der Waals surface area contributed by atoms with E-state index >= 15 is 0 Å². The Hall–Kier alpha value is -0.850. The molecule has 19 heavy (non-hydrogen) atoms. The Morgan fingerprint density at radius 2 is 2.16 bits per heavy atom. The van der Waals surface area contributed by atoms with Crippen LogP contribution in [0.5, 0.6) is 11.5 Å². The van der Waals surface area contributed by atoms with E-state index in [1.54, 1.807) is 12.1 Å². The second-order valence-electron chi connectivity index (χ2n) is 4.51. The molecule has 0 aliphatic carbocycles. The zero-order chi connectivity index (χ0) is 13.8. The van der Waals surface area contributed by atoms with Gasteiger partial charge < -0.3 is 15.2 Å². The molecule has 4 nitrogen and oxygen atoms in total. The molecule has 1 aromatic rings. The van der Waals surface area contributed by atoms with Gasteiger partial charge in [0, 0.05) is 26.2 Å². The minimum absolute atomic E-state index is 0.0455. The third-order valence-corrected chi connectivity index (χ3v) is 4.00. The topological polar surface area (TPSA) is 44.7 Å². The number of hydrogen-bond donors (Lipinski definition) is 2. The summed E-state index contributed by atoms with van der Waals surface area (Å²) in [7, 11) is 1.49. The minimum Gasteiger partial charge on any atom is -0.503 e. The summed E-state index contributed by atoms with van der Waals surface area (Å²) in [5, 5.41) is 13.0. The highest BCUT2D eigenvalue weighted by molar-refractivity contribution is 9.10. The van der Waals surface area contributed by atoms with Crippen molar-refractivity contribution < 1.29 is 14.2 Å². The van der Waals surface area contributed by atoms with Crippen LogP contribution in [0.4, 0.5) is 4.39 Å². The Balaban J connectivity index is 2.29. The van der Waals surface area contributed by atoms with E-state index in [0.717, 1.165) is 31.7 Å². The molecule has 1 aliphatic heterocycles. The monoisotopic (exact) mass is 332 g/mol. The molecule has 2 N–H and O–H groups in total. The quantitative estimate of drug-likeness (QED) is 0.886. The van der Waals surface area contributed by atoms with Crippen molar-refractivity contribution in [2.75, 3.05) is 40.0 Å². The van der Waals surface area contributed by atoms with E-state index in [0.29, 0.717) is 10.2 Å². The SMILES string of the molecule is COc1cc([C@H](CF)N2CCNCC2)cc(Br)c1O. The van der Waals surface area contributed by atoms with Gasteiger partial charge in [0.25, 0.3) is 0 Å². The van der Waals surface area contributed by atoms with Gasteiger partial charge in [0.05, 0.1) is 17.6 Å². The number of ether oxygens (including phenoxy) is 1. The van der Waals surface area contributed by atoms with Crippen LogP contribution in [0.25, 0.3) is 0 Å². The van der Waals surface area contributed by atoms with Crippen LogP contribution in [0.1, 0.15) is 11.6 Å². The van der Waals surface area contributed by atoms with Crippen molar-refractivity contribution >= 4 is 15.9 Å². The molecule has 1 aromatic carbocycles. The van der Waals surface area contributed by atoms with Gasteiger partial charge in [-0.1, -0.05) is 0 Å². The van der Waals surface area contributed by atoms with E-state index in [9.17, 15) is 9.50 Å². The Labute approximate surface area is 120 Å². The molecule has 0 spiro atoms. The zero-order valence-corrected chi connectivity index (χ0v) is 12.4. The first kappa shape index (κ1) is 14.6. The summed E-state index contributed by atoms with van der Waals surface area (Å²) in [6.07, 6.45) is 0. The molecule has 1 aliphatic rings. The lowest BCUT2D eigenvalue weighted by molar-refractivity contribution is 0.147. The molecular formula is C13H18BrFN2O2. The van der Waals surface area contributed by atoms with Gasteiger partial charge in [-0.15, -0.1) is 0 Å². The highest BCUT2D eigenvalue weighted by Gasteiger charge is 2.24. The fraction of sp³-hybridized carbons (Fsp3) is 0.538. The van der Waals surface area contributed by atoms with E-state index in [2.05, 4.69) is 26.1 Å². The maximum absolute atomic E-state index is 13.4. The molecule has 1 heterocycles. The number of hydrogen-bond acceptors (Lipinski definition) is 4. The van der Waals surface area contributed by atoms with Crippen LogP contribution >= 0.6 is 15.9 Å². The van der Waals surface area contributed by atoms with Crippen LogP contribution in [0.2, 0.25) is 0 Å². The molecule has 1 fully saturated rings. The molecule has 0 radical (unpaired) electrons. The van der Waals surface area contributed by atoms with Crippen molar-refractivity contribution in [2.45, 2.75) is 6.04 Å². The van der Waals surface area contributed by atoms with Crippen molar-refractivity contribution in [3.63, 3.8) is 0 Å². The number of alkyl halides is 1. The molecule has 106 valence electrons. The van der Waals surface area contributed by atoms with Crippen LogP contribution in [-0.4, -0.2) is 50.0 Å². The maximum Gasteiger partial charge on any atom is 0.172 e. The number of rotatable bonds is 4. The summed E-state index contributed by atoms with van der Waals surface area (Å²) in [5.74, 6) is 0.405. The molecule has 0 bridgehead atoms. The van der Waals surface area contributed by atoms with E-state index < -0.39 is 6.67 Å². The summed E-state index contributed by atoms with van der Waals surface area (Å²) in [6.45, 7) is 2.91. The first-order valence-electron chi connectivity index (χ1n) is 6.24. The molecule has 0 amide bonds. The van der Waals surface area contributed by atoms with Crippen LogP contribution in [0, 0.1) is 0 Å². The summed E-state index contributed by atoms with van der Waals surface area (Å²) in [5.41, 5.74) is 0.811. The molecule has 2 rings (SSSR count). The fourth-order valence-electron chi connectivity index (χ4n) is 2.33. The Morgan fingerprint density at radius 3 is 2.74 bits per heavy atom. The van der Waals surface area contributed by atoms with Gasteiger partial charge >= 0.3 is 0 Å². The lowest BCUT2D eigenvalue weighted by Gasteiger charge is -2.33. The first-order chi connectivity index (χ1) is 9.17. The van der Waals surface area contributed by atoms with Crippen molar-refractivity contribution in [3.8, 4) is 11.5 Å². The maximum atomic E-state index is 13.4. The third-order valence-electron chi connectivity index (χ3n) is 3.39. The first-order valence-corrected chi connectivity index (χ1v) is 7.03. The smallest absolute Gasteiger partial charge is 0.172 e. The fourth-order valence-corrected chi connectivity index (χ4v) is 2.79. The van der Waals surface area contributed by atoms with Gasteiger partial charge in [0.1, 0.15) is 6.67 Å². The highest BCUT2D eigenvalue weighted by atomic mass is 79.9. The van der Waals surface area contributed by atoms with Gasteiger partial charge in [0.2, 0.25) is 0 Å². The number of nitrogens with one attached hydrogen (secondary N) is 1. The molecule has 0 unspecified atom stereocenters. The summed E-state index contributed by atoms with van der Waals surface area (Å²) >= 11 is 3.28. The van der Waals surface area contributed by atoms with E-state index in [-0.39, 0.29) is 11.8 Å². The van der Waals surface area contributed by atoms with Crippen molar-refractivity contribution in [2.24, 2.45) is 0 Å². The Kier molecular flexibility index (Phi) is 5.01. The van der Waals surface area contributed by atoms with Crippen LogP contribution in [0.15, 0.2) is 16.6 Å². The molecule has 1 saturated heterocycles. The molecular weight excluding hydrogens is 315 g/mol. The summed E-state index contributed by atoms with van der Waals surface area (Å²) < 4.78 is 19.1. The average Bonchev–Trinajstić information content (AvgIpc) is 2.44. The van der Waals surface area contributed by atoms with E-state index in [4.69, 9.17) is 4.74 Å². The van der Waals surface area contributed by atoms with Crippen molar-refractivity contribution in [3.05, 3.63) is 22.2 Å². The van der Waals surface area contributed by atoms with Crippen LogP contribution in [-0.2, 0) is 0 Å². The normalized spacial score (nSPS) is 18.3. The largest absolute Gasteiger partial charge is 0.503 e. The summed E-state index contributed by atoms with van der Waals surface area (Å²) in [4.78, 5) is 2.11. The second kappa shape index (κ2) is 6.54. The Bertz CT molecular complexity index is 439.